The Morgan fingerprint density at radius 2 is 1.71 bits per heavy atom. The number of rotatable bonds is 10. The normalized spacial score (nSPS) is 18.8. The van der Waals surface area contributed by atoms with Crippen LogP contribution in [-0.4, -0.2) is 42.9 Å². The Balaban J connectivity index is 2.86. The number of carbonyl (C=O) groups is 1. The number of carbonyl (C=O) groups excluding carboxylic acids is 1. The summed E-state index contributed by atoms with van der Waals surface area (Å²) in [5.41, 5.74) is 0. The first kappa shape index (κ1) is 21.4. The first-order chi connectivity index (χ1) is 11.5. The molecule has 0 saturated heterocycles. The lowest BCUT2D eigenvalue weighted by Gasteiger charge is -2.32. The van der Waals surface area contributed by atoms with E-state index in [4.69, 9.17) is 13.8 Å². The summed E-state index contributed by atoms with van der Waals surface area (Å²) < 4.78 is 28.2. The average molecular weight is 365 g/mol. The minimum Gasteiger partial charge on any atom is -0.450 e. The summed E-state index contributed by atoms with van der Waals surface area (Å²) in [5, 5.41) is 13.3. The minimum atomic E-state index is -3.72. The number of aliphatic hydroxyl groups excluding tert-OH is 1. The van der Waals surface area contributed by atoms with Gasteiger partial charge in [0.25, 0.3) is 0 Å². The van der Waals surface area contributed by atoms with Gasteiger partial charge in [0.1, 0.15) is 0 Å². The highest BCUT2D eigenvalue weighted by Gasteiger charge is 2.41. The molecule has 1 aliphatic rings. The lowest BCUT2D eigenvalue weighted by Crippen LogP contribution is -2.45. The SMILES string of the molecule is CCOC(=O)NC(CC1CCCCC1)C(O)P(=O)(OCC)OCC. The Kier molecular flexibility index (Phi) is 9.89. The molecule has 2 unspecified atom stereocenters. The second-order valence-corrected chi connectivity index (χ2v) is 8.13. The lowest BCUT2D eigenvalue weighted by molar-refractivity contribution is 0.101. The van der Waals surface area contributed by atoms with E-state index in [-0.39, 0.29) is 19.8 Å². The molecule has 0 aromatic rings. The van der Waals surface area contributed by atoms with Crippen molar-refractivity contribution >= 4 is 13.7 Å². The van der Waals surface area contributed by atoms with Crippen LogP contribution in [0.2, 0.25) is 0 Å². The third kappa shape index (κ3) is 6.71. The maximum Gasteiger partial charge on any atom is 0.407 e. The van der Waals surface area contributed by atoms with Crippen LogP contribution in [0.3, 0.4) is 0 Å². The van der Waals surface area contributed by atoms with Crippen LogP contribution in [0.5, 0.6) is 0 Å². The van der Waals surface area contributed by atoms with Crippen molar-refractivity contribution in [3.8, 4) is 0 Å². The van der Waals surface area contributed by atoms with Crippen molar-refractivity contribution in [3.05, 3.63) is 0 Å². The van der Waals surface area contributed by atoms with Crippen molar-refractivity contribution < 1.29 is 28.3 Å². The van der Waals surface area contributed by atoms with Gasteiger partial charge in [-0.05, 0) is 33.1 Å². The number of alkyl carbamates (subject to hydrolysis) is 1. The molecular formula is C16H32NO6P. The summed E-state index contributed by atoms with van der Waals surface area (Å²) in [6, 6.07) is -0.726. The van der Waals surface area contributed by atoms with Crippen LogP contribution in [-0.2, 0) is 18.3 Å². The molecule has 0 aromatic heterocycles. The standard InChI is InChI=1S/C16H32NO6P/c1-4-21-16(19)17-14(12-13-10-8-7-9-11-13)15(18)24(20,22-5-2)23-6-3/h13-15,18H,4-12H2,1-3H3,(H,17,19). The van der Waals surface area contributed by atoms with E-state index in [9.17, 15) is 14.5 Å². The summed E-state index contributed by atoms with van der Waals surface area (Å²) >= 11 is 0. The summed E-state index contributed by atoms with van der Waals surface area (Å²) in [6.45, 7) is 5.62. The van der Waals surface area contributed by atoms with Crippen LogP contribution in [0.4, 0.5) is 4.79 Å². The largest absolute Gasteiger partial charge is 0.450 e. The van der Waals surface area contributed by atoms with Crippen molar-refractivity contribution in [2.75, 3.05) is 19.8 Å². The Labute approximate surface area is 145 Å². The van der Waals surface area contributed by atoms with Crippen molar-refractivity contribution in [1.82, 2.24) is 5.32 Å². The van der Waals surface area contributed by atoms with Gasteiger partial charge in [-0.3, -0.25) is 4.57 Å². The maximum atomic E-state index is 12.8. The number of ether oxygens (including phenoxy) is 1. The van der Waals surface area contributed by atoms with Crippen LogP contribution < -0.4 is 5.32 Å². The predicted molar refractivity (Wildman–Crippen MR) is 92.0 cm³/mol. The molecule has 0 aromatic carbocycles. The Bertz CT molecular complexity index is 403. The Morgan fingerprint density at radius 1 is 1.12 bits per heavy atom. The summed E-state index contributed by atoms with van der Waals surface area (Å²) in [7, 11) is -3.72. The van der Waals surface area contributed by atoms with E-state index in [0.29, 0.717) is 12.3 Å². The fourth-order valence-corrected chi connectivity index (χ4v) is 4.87. The molecule has 142 valence electrons. The van der Waals surface area contributed by atoms with E-state index in [0.717, 1.165) is 25.7 Å². The van der Waals surface area contributed by atoms with Gasteiger partial charge in [-0.1, -0.05) is 32.1 Å². The van der Waals surface area contributed by atoms with Crippen LogP contribution in [0, 0.1) is 5.92 Å². The van der Waals surface area contributed by atoms with Crippen molar-refractivity contribution in [3.63, 3.8) is 0 Å². The zero-order valence-corrected chi connectivity index (χ0v) is 15.9. The number of amides is 1. The third-order valence-electron chi connectivity index (χ3n) is 4.19. The van der Waals surface area contributed by atoms with Crippen molar-refractivity contribution in [2.24, 2.45) is 5.92 Å². The molecule has 7 nitrogen and oxygen atoms in total. The molecule has 0 heterocycles. The van der Waals surface area contributed by atoms with Crippen molar-refractivity contribution in [2.45, 2.75) is 71.2 Å². The molecule has 0 radical (unpaired) electrons. The van der Waals surface area contributed by atoms with Gasteiger partial charge in [0.15, 0.2) is 5.85 Å². The fraction of sp³-hybridized carbons (Fsp3) is 0.938. The maximum absolute atomic E-state index is 12.8. The smallest absolute Gasteiger partial charge is 0.407 e. The Hall–Kier alpha value is -0.620. The number of nitrogens with one attached hydrogen (secondary N) is 1. The minimum absolute atomic E-state index is 0.157. The molecule has 0 aliphatic heterocycles. The van der Waals surface area contributed by atoms with E-state index in [2.05, 4.69) is 5.32 Å². The molecule has 1 rings (SSSR count). The molecule has 24 heavy (non-hydrogen) atoms. The van der Waals surface area contributed by atoms with Gasteiger partial charge in [-0.2, -0.15) is 0 Å². The average Bonchev–Trinajstić information content (AvgIpc) is 2.55. The Morgan fingerprint density at radius 3 is 2.21 bits per heavy atom. The number of aliphatic hydroxyl groups is 1. The second-order valence-electron chi connectivity index (χ2n) is 6.00. The van der Waals surface area contributed by atoms with Gasteiger partial charge in [0.2, 0.25) is 0 Å². The first-order valence-corrected chi connectivity index (χ1v) is 10.6. The van der Waals surface area contributed by atoms with Gasteiger partial charge in [0, 0.05) is 0 Å². The van der Waals surface area contributed by atoms with Crippen molar-refractivity contribution in [1.29, 1.82) is 0 Å². The van der Waals surface area contributed by atoms with E-state index < -0.39 is 25.6 Å². The summed E-state index contributed by atoms with van der Waals surface area (Å²) in [4.78, 5) is 11.8. The number of hydrogen-bond acceptors (Lipinski definition) is 6. The van der Waals surface area contributed by atoms with Gasteiger partial charge in [0.05, 0.1) is 25.9 Å². The highest BCUT2D eigenvalue weighted by molar-refractivity contribution is 7.54. The summed E-state index contributed by atoms with van der Waals surface area (Å²) in [6.07, 6.45) is 5.48. The molecule has 0 spiro atoms. The van der Waals surface area contributed by atoms with E-state index >= 15 is 0 Å². The zero-order valence-electron chi connectivity index (χ0n) is 15.0. The molecule has 1 aliphatic carbocycles. The topological polar surface area (TPSA) is 94.1 Å². The fourth-order valence-electron chi connectivity index (χ4n) is 3.13. The van der Waals surface area contributed by atoms with Crippen LogP contribution >= 0.6 is 7.60 Å². The highest BCUT2D eigenvalue weighted by atomic mass is 31.2. The molecule has 1 fully saturated rings. The molecule has 8 heteroatoms. The van der Waals surface area contributed by atoms with E-state index in [1.807, 2.05) is 0 Å². The van der Waals surface area contributed by atoms with E-state index in [1.54, 1.807) is 20.8 Å². The monoisotopic (exact) mass is 365 g/mol. The quantitative estimate of drug-likeness (QED) is 0.574. The first-order valence-electron chi connectivity index (χ1n) is 8.96. The molecule has 2 atom stereocenters. The highest BCUT2D eigenvalue weighted by Crippen LogP contribution is 2.53. The van der Waals surface area contributed by atoms with Gasteiger partial charge in [-0.15, -0.1) is 0 Å². The molecular weight excluding hydrogens is 333 g/mol. The van der Waals surface area contributed by atoms with E-state index in [1.165, 1.54) is 6.42 Å². The summed E-state index contributed by atoms with van der Waals surface area (Å²) in [5.74, 6) is -1.04. The second kappa shape index (κ2) is 11.1. The molecule has 2 N–H and O–H groups in total. The van der Waals surface area contributed by atoms with Crippen LogP contribution in [0.25, 0.3) is 0 Å². The van der Waals surface area contributed by atoms with Gasteiger partial charge in [-0.25, -0.2) is 4.79 Å². The van der Waals surface area contributed by atoms with Crippen LogP contribution in [0.15, 0.2) is 0 Å². The van der Waals surface area contributed by atoms with Gasteiger partial charge < -0.3 is 24.2 Å². The number of hydrogen-bond donors (Lipinski definition) is 2. The zero-order chi connectivity index (χ0) is 18.0. The molecule has 0 bridgehead atoms. The predicted octanol–water partition coefficient (Wildman–Crippen LogP) is 3.66. The van der Waals surface area contributed by atoms with Crippen LogP contribution in [0.1, 0.15) is 59.3 Å². The molecule has 1 amide bonds. The van der Waals surface area contributed by atoms with Gasteiger partial charge >= 0.3 is 13.7 Å². The lowest BCUT2D eigenvalue weighted by atomic mass is 9.85. The third-order valence-corrected chi connectivity index (χ3v) is 6.44. The molecule has 1 saturated carbocycles.